The van der Waals surface area contributed by atoms with Gasteiger partial charge in [-0.15, -0.1) is 0 Å². The molecule has 2 aliphatic heterocycles. The number of quaternary nitrogens is 1. The molecule has 2 heterocycles. The Balaban J connectivity index is 0.000000588. The Bertz CT molecular complexity index is 1030. The van der Waals surface area contributed by atoms with Crippen LogP contribution in [0.4, 0.5) is 0 Å². The lowest BCUT2D eigenvalue weighted by atomic mass is 9.66. The van der Waals surface area contributed by atoms with Crippen LogP contribution in [0.1, 0.15) is 65.5 Å². The first kappa shape index (κ1) is 26.5. The van der Waals surface area contributed by atoms with Crippen LogP contribution in [0.5, 0.6) is 11.5 Å². The molecule has 0 aliphatic carbocycles. The van der Waals surface area contributed by atoms with Gasteiger partial charge in [-0.25, -0.2) is 8.42 Å². The number of rotatable bonds is 2. The van der Waals surface area contributed by atoms with Crippen molar-refractivity contribution in [1.29, 1.82) is 0 Å². The summed E-state index contributed by atoms with van der Waals surface area (Å²) in [4.78, 5) is 0. The van der Waals surface area contributed by atoms with Gasteiger partial charge in [0.25, 0.3) is 0 Å². The number of benzene rings is 2. The van der Waals surface area contributed by atoms with E-state index in [1.807, 2.05) is 27.7 Å². The maximum absolute atomic E-state index is 10.4. The van der Waals surface area contributed by atoms with Gasteiger partial charge in [0, 0.05) is 24.5 Å². The number of phenolic OH excluding ortho intramolecular Hbond substituents is 2. The van der Waals surface area contributed by atoms with E-state index in [0.717, 1.165) is 35.1 Å². The minimum Gasteiger partial charge on any atom is -0.748 e. The molecule has 0 radical (unpaired) electrons. The van der Waals surface area contributed by atoms with Gasteiger partial charge in [0.1, 0.15) is 11.5 Å². The molecule has 6 nitrogen and oxygen atoms in total. The fourth-order valence-electron chi connectivity index (χ4n) is 5.93. The molecule has 0 unspecified atom stereocenters. The van der Waals surface area contributed by atoms with E-state index >= 15 is 0 Å². The van der Waals surface area contributed by atoms with Crippen LogP contribution in [0.2, 0.25) is 0 Å². The molecule has 2 saturated heterocycles. The first-order chi connectivity index (χ1) is 15.8. The van der Waals surface area contributed by atoms with Crippen LogP contribution in [0.25, 0.3) is 0 Å². The molecular formula is C27H39NO5S. The highest BCUT2D eigenvalue weighted by molar-refractivity contribution is 7.84. The summed E-state index contributed by atoms with van der Waals surface area (Å²) >= 11 is 0. The van der Waals surface area contributed by atoms with Crippen molar-refractivity contribution in [2.75, 3.05) is 32.4 Å². The van der Waals surface area contributed by atoms with Crippen molar-refractivity contribution in [2.24, 2.45) is 0 Å². The average Bonchev–Trinajstić information content (AvgIpc) is 2.75. The van der Waals surface area contributed by atoms with Crippen molar-refractivity contribution in [1.82, 2.24) is 0 Å². The molecule has 2 aromatic carbocycles. The van der Waals surface area contributed by atoms with E-state index < -0.39 is 10.1 Å². The summed E-state index contributed by atoms with van der Waals surface area (Å²) in [6, 6.07) is 8.80. The summed E-state index contributed by atoms with van der Waals surface area (Å²) in [7, 11) is -3.92. The Morgan fingerprint density at radius 1 is 0.735 bits per heavy atom. The Morgan fingerprint density at radius 2 is 1.06 bits per heavy atom. The zero-order chi connectivity index (χ0) is 25.3. The smallest absolute Gasteiger partial charge is 0.121 e. The number of hydrogen-bond acceptors (Lipinski definition) is 5. The molecule has 2 aliphatic rings. The van der Waals surface area contributed by atoms with E-state index in [1.54, 1.807) is 0 Å². The lowest BCUT2D eigenvalue weighted by Crippen LogP contribution is -2.58. The second-order valence-corrected chi connectivity index (χ2v) is 11.9. The number of nitrogens with zero attached hydrogens (tertiary/aromatic N) is 1. The normalized spacial score (nSPS) is 19.4. The highest BCUT2D eigenvalue weighted by Gasteiger charge is 2.45. The summed E-state index contributed by atoms with van der Waals surface area (Å²) < 4.78 is 28.5. The summed E-state index contributed by atoms with van der Waals surface area (Å²) in [5.41, 5.74) is 6.43. The fraction of sp³-hybridized carbons (Fsp3) is 0.556. The van der Waals surface area contributed by atoms with Crippen LogP contribution in [0.15, 0.2) is 24.3 Å². The second kappa shape index (κ2) is 9.88. The summed E-state index contributed by atoms with van der Waals surface area (Å²) in [6.07, 6.45) is 6.97. The highest BCUT2D eigenvalue weighted by atomic mass is 32.2. The SMILES string of the molecule is CS(=O)(=O)[O-].Cc1cc(C2(c3cc(C)c(O)c(C)c3)CC[N+]3(CCCCC3)CC2)cc(C)c1O. The highest BCUT2D eigenvalue weighted by Crippen LogP contribution is 2.47. The molecule has 4 rings (SSSR count). The Hall–Kier alpha value is -2.09. The van der Waals surface area contributed by atoms with Gasteiger partial charge in [0.15, 0.2) is 0 Å². The lowest BCUT2D eigenvalue weighted by Gasteiger charge is -2.51. The van der Waals surface area contributed by atoms with Gasteiger partial charge in [0.05, 0.1) is 36.3 Å². The molecule has 0 saturated carbocycles. The van der Waals surface area contributed by atoms with Crippen molar-refractivity contribution in [3.63, 3.8) is 0 Å². The first-order valence-electron chi connectivity index (χ1n) is 12.1. The van der Waals surface area contributed by atoms with Crippen molar-refractivity contribution >= 4 is 10.1 Å². The molecule has 1 spiro atoms. The summed E-state index contributed by atoms with van der Waals surface area (Å²) in [5.74, 6) is 0.828. The van der Waals surface area contributed by atoms with E-state index in [-0.39, 0.29) is 5.41 Å². The van der Waals surface area contributed by atoms with Gasteiger partial charge in [-0.1, -0.05) is 24.3 Å². The van der Waals surface area contributed by atoms with E-state index in [2.05, 4.69) is 24.3 Å². The Labute approximate surface area is 204 Å². The number of piperidine rings is 2. The topological polar surface area (TPSA) is 97.7 Å². The van der Waals surface area contributed by atoms with Crippen molar-refractivity contribution in [2.45, 2.75) is 65.2 Å². The third kappa shape index (κ3) is 5.75. The van der Waals surface area contributed by atoms with Crippen LogP contribution >= 0.6 is 0 Å². The molecule has 0 bridgehead atoms. The fourth-order valence-corrected chi connectivity index (χ4v) is 5.93. The molecule has 0 atom stereocenters. The Morgan fingerprint density at radius 3 is 1.38 bits per heavy atom. The molecule has 2 N–H and O–H groups in total. The van der Waals surface area contributed by atoms with Crippen LogP contribution < -0.4 is 0 Å². The standard InChI is InChI=1S/C26H35NO2.CH4O3S/c1-18-14-22(15-19(2)24(18)28)26(23-16-20(3)25(29)21(4)17-23)8-12-27(13-9-26)10-6-5-7-11-27;1-5(2,3)4/h14-17H,5-13H2,1-4H3,(H-,28,29);1H3,(H,2,3,4). The maximum atomic E-state index is 10.4. The predicted octanol–water partition coefficient (Wildman–Crippen LogP) is 4.57. The van der Waals surface area contributed by atoms with Crippen molar-refractivity contribution in [3.05, 3.63) is 57.6 Å². The Kier molecular flexibility index (Phi) is 7.70. The van der Waals surface area contributed by atoms with E-state index in [0.29, 0.717) is 17.8 Å². The van der Waals surface area contributed by atoms with Crippen LogP contribution in [0.3, 0.4) is 0 Å². The van der Waals surface area contributed by atoms with Gasteiger partial charge in [0.2, 0.25) is 0 Å². The van der Waals surface area contributed by atoms with Gasteiger partial charge < -0.3 is 19.2 Å². The summed E-state index contributed by atoms with van der Waals surface area (Å²) in [5, 5.41) is 20.7. The molecule has 2 aromatic rings. The van der Waals surface area contributed by atoms with E-state index in [9.17, 15) is 10.2 Å². The predicted molar refractivity (Wildman–Crippen MR) is 134 cm³/mol. The van der Waals surface area contributed by atoms with Gasteiger partial charge in [-0.05, 0) is 80.3 Å². The third-order valence-electron chi connectivity index (χ3n) is 7.88. The second-order valence-electron chi connectivity index (χ2n) is 10.5. The van der Waals surface area contributed by atoms with Crippen LogP contribution in [0, 0.1) is 27.7 Å². The minimum atomic E-state index is -3.92. The first-order valence-corrected chi connectivity index (χ1v) is 14.0. The van der Waals surface area contributed by atoms with E-state index in [4.69, 9.17) is 13.0 Å². The average molecular weight is 490 g/mol. The molecule has 2 fully saturated rings. The maximum Gasteiger partial charge on any atom is 0.121 e. The number of phenols is 2. The molecule has 0 aromatic heterocycles. The van der Waals surface area contributed by atoms with Crippen molar-refractivity contribution < 1.29 is 27.7 Å². The number of aryl methyl sites for hydroxylation is 4. The molecule has 7 heteroatoms. The lowest BCUT2D eigenvalue weighted by molar-refractivity contribution is -0.937. The van der Waals surface area contributed by atoms with Gasteiger partial charge in [-0.2, -0.15) is 0 Å². The largest absolute Gasteiger partial charge is 0.748 e. The zero-order valence-electron chi connectivity index (χ0n) is 21.1. The van der Waals surface area contributed by atoms with Crippen LogP contribution in [-0.2, 0) is 15.5 Å². The van der Waals surface area contributed by atoms with Gasteiger partial charge in [-0.3, -0.25) is 0 Å². The zero-order valence-corrected chi connectivity index (χ0v) is 22.0. The third-order valence-corrected chi connectivity index (χ3v) is 7.88. The minimum absolute atomic E-state index is 0.0482. The van der Waals surface area contributed by atoms with Crippen LogP contribution in [-0.4, -0.2) is 60.1 Å². The monoisotopic (exact) mass is 489 g/mol. The van der Waals surface area contributed by atoms with E-state index in [1.165, 1.54) is 61.1 Å². The molecular weight excluding hydrogens is 450 g/mol. The number of hydrogen-bond donors (Lipinski definition) is 2. The molecule has 34 heavy (non-hydrogen) atoms. The number of aromatic hydroxyl groups is 2. The van der Waals surface area contributed by atoms with Crippen molar-refractivity contribution in [3.8, 4) is 11.5 Å². The quantitative estimate of drug-likeness (QED) is 0.476. The summed E-state index contributed by atoms with van der Waals surface area (Å²) in [6.45, 7) is 13.1. The van der Waals surface area contributed by atoms with Gasteiger partial charge >= 0.3 is 0 Å². The molecule has 0 amide bonds. The molecule has 188 valence electrons.